The molecule has 1 aliphatic heterocycles. The quantitative estimate of drug-likeness (QED) is 0.697. The molecule has 1 unspecified atom stereocenters. The van der Waals surface area contributed by atoms with E-state index in [1.54, 1.807) is 17.0 Å². The van der Waals surface area contributed by atoms with E-state index in [-0.39, 0.29) is 17.8 Å². The van der Waals surface area contributed by atoms with Gasteiger partial charge in [-0.05, 0) is 42.3 Å². The molecule has 0 radical (unpaired) electrons. The average Bonchev–Trinajstić information content (AvgIpc) is 3.17. The number of amides is 1. The Labute approximate surface area is 155 Å². The zero-order valence-electron chi connectivity index (χ0n) is 14.5. The van der Waals surface area contributed by atoms with Gasteiger partial charge in [0.25, 0.3) is 5.91 Å². The molecule has 0 aliphatic carbocycles. The van der Waals surface area contributed by atoms with Gasteiger partial charge in [-0.15, -0.1) is 0 Å². The predicted octanol–water partition coefficient (Wildman–Crippen LogP) is 4.02. The minimum atomic E-state index is -0.404. The molecular formula is C20H18FN3O3. The Hall–Kier alpha value is -3.22. The first-order valence-electron chi connectivity index (χ1n) is 8.80. The van der Waals surface area contributed by atoms with Crippen molar-refractivity contribution in [3.05, 3.63) is 71.9 Å². The summed E-state index contributed by atoms with van der Waals surface area (Å²) >= 11 is 0. The number of rotatable bonds is 4. The highest BCUT2D eigenvalue weighted by Gasteiger charge is 2.29. The number of aromatic nitrogens is 2. The second kappa shape index (κ2) is 7.57. The van der Waals surface area contributed by atoms with Crippen molar-refractivity contribution >= 4 is 5.91 Å². The first-order valence-corrected chi connectivity index (χ1v) is 8.80. The number of likely N-dealkylation sites (tertiary alicyclic amines) is 1. The zero-order chi connectivity index (χ0) is 18.6. The number of ether oxygens (including phenoxy) is 1. The third-order valence-electron chi connectivity index (χ3n) is 4.51. The molecule has 4 rings (SSSR count). The van der Waals surface area contributed by atoms with Crippen LogP contribution in [0.1, 0.15) is 35.0 Å². The minimum absolute atomic E-state index is 0.00366. The minimum Gasteiger partial charge on any atom is -0.422 e. The summed E-state index contributed by atoms with van der Waals surface area (Å²) in [6.45, 7) is 1.21. The monoisotopic (exact) mass is 367 g/mol. The van der Waals surface area contributed by atoms with Crippen molar-refractivity contribution in [1.82, 2.24) is 15.0 Å². The average molecular weight is 367 g/mol. The van der Waals surface area contributed by atoms with Gasteiger partial charge in [0.1, 0.15) is 11.6 Å². The van der Waals surface area contributed by atoms with E-state index in [1.165, 1.54) is 12.1 Å². The molecule has 1 saturated heterocycles. The largest absolute Gasteiger partial charge is 0.422 e. The number of carbonyl (C=O) groups excluding carboxylic acids is 1. The fourth-order valence-electron chi connectivity index (χ4n) is 3.19. The van der Waals surface area contributed by atoms with E-state index in [0.717, 1.165) is 12.8 Å². The lowest BCUT2D eigenvalue weighted by Gasteiger charge is -2.31. The fourth-order valence-corrected chi connectivity index (χ4v) is 3.19. The molecule has 1 aromatic heterocycles. The van der Waals surface area contributed by atoms with Crippen LogP contribution in [0.15, 0.2) is 59.1 Å². The predicted molar refractivity (Wildman–Crippen MR) is 95.1 cm³/mol. The standard InChI is InChI=1S/C20H18FN3O3/c21-16-9-4-10-17(12-16)26-20-22-18(27-23-20)15-8-5-11-24(13-15)19(25)14-6-2-1-3-7-14/h1-4,6-7,9-10,12,15H,5,8,11,13H2. The van der Waals surface area contributed by atoms with Gasteiger partial charge < -0.3 is 14.2 Å². The zero-order valence-corrected chi connectivity index (χ0v) is 14.5. The molecule has 138 valence electrons. The summed E-state index contributed by atoms with van der Waals surface area (Å²) in [5.41, 5.74) is 0.666. The molecule has 0 spiro atoms. The lowest BCUT2D eigenvalue weighted by molar-refractivity contribution is 0.0695. The smallest absolute Gasteiger partial charge is 0.359 e. The van der Waals surface area contributed by atoms with Gasteiger partial charge >= 0.3 is 6.01 Å². The number of hydrogen-bond acceptors (Lipinski definition) is 5. The molecular weight excluding hydrogens is 349 g/mol. The van der Waals surface area contributed by atoms with Gasteiger partial charge in [0.2, 0.25) is 5.89 Å². The maximum atomic E-state index is 13.2. The van der Waals surface area contributed by atoms with Gasteiger partial charge in [0.05, 0.1) is 5.92 Å². The van der Waals surface area contributed by atoms with Crippen molar-refractivity contribution in [1.29, 1.82) is 0 Å². The molecule has 1 atom stereocenters. The van der Waals surface area contributed by atoms with Gasteiger partial charge in [-0.25, -0.2) is 4.39 Å². The lowest BCUT2D eigenvalue weighted by atomic mass is 9.97. The molecule has 6 nitrogen and oxygen atoms in total. The lowest BCUT2D eigenvalue weighted by Crippen LogP contribution is -2.39. The molecule has 7 heteroatoms. The molecule has 0 N–H and O–H groups in total. The van der Waals surface area contributed by atoms with Crippen molar-refractivity contribution in [2.75, 3.05) is 13.1 Å². The van der Waals surface area contributed by atoms with Crippen LogP contribution < -0.4 is 4.74 Å². The Balaban J connectivity index is 1.44. The Morgan fingerprint density at radius 1 is 1.19 bits per heavy atom. The Morgan fingerprint density at radius 3 is 2.85 bits per heavy atom. The van der Waals surface area contributed by atoms with Crippen LogP contribution in [0.25, 0.3) is 0 Å². The van der Waals surface area contributed by atoms with Gasteiger partial charge in [-0.2, -0.15) is 4.98 Å². The second-order valence-electron chi connectivity index (χ2n) is 6.43. The van der Waals surface area contributed by atoms with Gasteiger partial charge in [-0.1, -0.05) is 24.3 Å². The Bertz CT molecular complexity index is 929. The summed E-state index contributed by atoms with van der Waals surface area (Å²) in [4.78, 5) is 18.7. The molecule has 2 aromatic carbocycles. The summed E-state index contributed by atoms with van der Waals surface area (Å²) < 4.78 is 24.0. The summed E-state index contributed by atoms with van der Waals surface area (Å²) in [6, 6.07) is 15.0. The van der Waals surface area contributed by atoms with Crippen molar-refractivity contribution in [2.24, 2.45) is 0 Å². The van der Waals surface area contributed by atoms with E-state index in [9.17, 15) is 9.18 Å². The first kappa shape index (κ1) is 17.2. The van der Waals surface area contributed by atoms with E-state index in [2.05, 4.69) is 10.1 Å². The van der Waals surface area contributed by atoms with E-state index < -0.39 is 5.82 Å². The molecule has 27 heavy (non-hydrogen) atoms. The summed E-state index contributed by atoms with van der Waals surface area (Å²) in [5, 5.41) is 3.81. The van der Waals surface area contributed by atoms with E-state index >= 15 is 0 Å². The van der Waals surface area contributed by atoms with Crippen LogP contribution in [0.4, 0.5) is 4.39 Å². The van der Waals surface area contributed by atoms with Crippen LogP contribution in [0.5, 0.6) is 11.8 Å². The maximum Gasteiger partial charge on any atom is 0.359 e. The molecule has 1 aliphatic rings. The van der Waals surface area contributed by atoms with E-state index in [0.29, 0.717) is 30.3 Å². The SMILES string of the molecule is O=C(c1ccccc1)N1CCCC(c2nc(Oc3cccc(F)c3)no2)C1. The highest BCUT2D eigenvalue weighted by molar-refractivity contribution is 5.94. The number of benzene rings is 2. The van der Waals surface area contributed by atoms with Crippen LogP contribution in [-0.4, -0.2) is 34.0 Å². The van der Waals surface area contributed by atoms with Crippen molar-refractivity contribution < 1.29 is 18.4 Å². The number of nitrogens with zero attached hydrogens (tertiary/aromatic N) is 3. The third-order valence-corrected chi connectivity index (χ3v) is 4.51. The Kier molecular flexibility index (Phi) is 4.82. The normalized spacial score (nSPS) is 16.9. The second-order valence-corrected chi connectivity index (χ2v) is 6.43. The van der Waals surface area contributed by atoms with Crippen LogP contribution in [0, 0.1) is 5.82 Å². The van der Waals surface area contributed by atoms with E-state index in [1.807, 2.05) is 30.3 Å². The molecule has 2 heterocycles. The fraction of sp³-hybridized carbons (Fsp3) is 0.250. The van der Waals surface area contributed by atoms with Crippen molar-refractivity contribution in [3.63, 3.8) is 0 Å². The van der Waals surface area contributed by atoms with Crippen LogP contribution in [-0.2, 0) is 0 Å². The first-order chi connectivity index (χ1) is 13.2. The van der Waals surface area contributed by atoms with Gasteiger partial charge in [-0.3, -0.25) is 4.79 Å². The summed E-state index contributed by atoms with van der Waals surface area (Å²) in [7, 11) is 0. The highest BCUT2D eigenvalue weighted by Crippen LogP contribution is 2.28. The number of piperidine rings is 1. The van der Waals surface area contributed by atoms with Gasteiger partial charge in [0, 0.05) is 24.7 Å². The van der Waals surface area contributed by atoms with Crippen LogP contribution in [0.3, 0.4) is 0 Å². The molecule has 0 bridgehead atoms. The topological polar surface area (TPSA) is 68.5 Å². The molecule has 0 saturated carbocycles. The van der Waals surface area contributed by atoms with Gasteiger partial charge in [0.15, 0.2) is 0 Å². The molecule has 3 aromatic rings. The highest BCUT2D eigenvalue weighted by atomic mass is 19.1. The van der Waals surface area contributed by atoms with Crippen LogP contribution in [0.2, 0.25) is 0 Å². The number of halogens is 1. The third kappa shape index (κ3) is 3.97. The van der Waals surface area contributed by atoms with Crippen molar-refractivity contribution in [3.8, 4) is 11.8 Å². The number of carbonyl (C=O) groups is 1. The van der Waals surface area contributed by atoms with E-state index in [4.69, 9.17) is 9.26 Å². The molecule has 1 amide bonds. The summed E-state index contributed by atoms with van der Waals surface area (Å²) in [6.07, 6.45) is 1.70. The molecule has 1 fully saturated rings. The maximum absolute atomic E-state index is 13.2. The Morgan fingerprint density at radius 2 is 2.04 bits per heavy atom. The van der Waals surface area contributed by atoms with Crippen LogP contribution >= 0.6 is 0 Å². The van der Waals surface area contributed by atoms with Crippen molar-refractivity contribution in [2.45, 2.75) is 18.8 Å². The number of hydrogen-bond donors (Lipinski definition) is 0. The summed E-state index contributed by atoms with van der Waals surface area (Å²) in [5.74, 6) is 0.261.